The molecule has 6 nitrogen and oxygen atoms in total. The lowest BCUT2D eigenvalue weighted by atomic mass is 10.2. The normalized spacial score (nSPS) is 10.2. The van der Waals surface area contributed by atoms with Gasteiger partial charge in [-0.1, -0.05) is 6.07 Å². The second-order valence-electron chi connectivity index (χ2n) is 3.82. The van der Waals surface area contributed by atoms with Gasteiger partial charge in [0.15, 0.2) is 11.6 Å². The third kappa shape index (κ3) is 3.28. The van der Waals surface area contributed by atoms with E-state index in [-0.39, 0.29) is 18.5 Å². The van der Waals surface area contributed by atoms with E-state index in [1.165, 1.54) is 13.2 Å². The molecule has 2 N–H and O–H groups in total. The summed E-state index contributed by atoms with van der Waals surface area (Å²) in [4.78, 5) is 12.0. The Morgan fingerprint density at radius 1 is 1.10 bits per heavy atom. The highest BCUT2D eigenvalue weighted by molar-refractivity contribution is 5.36. The Morgan fingerprint density at radius 2 is 1.85 bits per heavy atom. The van der Waals surface area contributed by atoms with Crippen molar-refractivity contribution in [3.8, 4) is 6.01 Å². The first-order chi connectivity index (χ1) is 9.62. The quantitative estimate of drug-likeness (QED) is 0.871. The Balaban J connectivity index is 2.11. The van der Waals surface area contributed by atoms with E-state index in [9.17, 15) is 8.78 Å². The summed E-state index contributed by atoms with van der Waals surface area (Å²) in [7, 11) is 3.10. The number of nitrogens with zero attached hydrogens (tertiary/aromatic N) is 3. The van der Waals surface area contributed by atoms with Crippen molar-refractivity contribution in [2.45, 2.75) is 6.54 Å². The number of aromatic nitrogens is 3. The van der Waals surface area contributed by atoms with Crippen LogP contribution in [-0.2, 0) is 6.54 Å². The Kier molecular flexibility index (Phi) is 4.24. The van der Waals surface area contributed by atoms with Gasteiger partial charge < -0.3 is 15.4 Å². The van der Waals surface area contributed by atoms with E-state index in [4.69, 9.17) is 4.74 Å². The molecule has 0 aliphatic carbocycles. The van der Waals surface area contributed by atoms with Crippen LogP contribution in [0.5, 0.6) is 6.01 Å². The second-order valence-corrected chi connectivity index (χ2v) is 3.82. The van der Waals surface area contributed by atoms with Crippen LogP contribution in [0.15, 0.2) is 18.2 Å². The molecule has 0 amide bonds. The van der Waals surface area contributed by atoms with Crippen LogP contribution in [0.2, 0.25) is 0 Å². The molecule has 0 radical (unpaired) electrons. The zero-order valence-corrected chi connectivity index (χ0v) is 10.9. The van der Waals surface area contributed by atoms with Crippen LogP contribution in [0.4, 0.5) is 20.7 Å². The van der Waals surface area contributed by atoms with Gasteiger partial charge in [-0.15, -0.1) is 0 Å². The van der Waals surface area contributed by atoms with E-state index in [1.807, 2.05) is 0 Å². The molecule has 0 aliphatic rings. The number of ether oxygens (including phenoxy) is 1. The molecule has 20 heavy (non-hydrogen) atoms. The van der Waals surface area contributed by atoms with Crippen molar-refractivity contribution in [3.63, 3.8) is 0 Å². The lowest BCUT2D eigenvalue weighted by Crippen LogP contribution is -2.08. The maximum absolute atomic E-state index is 13.1. The van der Waals surface area contributed by atoms with E-state index < -0.39 is 11.6 Å². The van der Waals surface area contributed by atoms with Crippen LogP contribution in [0, 0.1) is 11.6 Å². The minimum Gasteiger partial charge on any atom is -0.467 e. The van der Waals surface area contributed by atoms with Gasteiger partial charge in [-0.2, -0.15) is 15.0 Å². The fourth-order valence-corrected chi connectivity index (χ4v) is 1.47. The third-order valence-electron chi connectivity index (χ3n) is 2.46. The van der Waals surface area contributed by atoms with Crippen LogP contribution in [0.3, 0.4) is 0 Å². The van der Waals surface area contributed by atoms with Crippen LogP contribution in [0.1, 0.15) is 5.56 Å². The number of nitrogens with one attached hydrogen (secondary N) is 2. The van der Waals surface area contributed by atoms with Crippen LogP contribution in [0.25, 0.3) is 0 Å². The van der Waals surface area contributed by atoms with Gasteiger partial charge in [0.05, 0.1) is 7.11 Å². The van der Waals surface area contributed by atoms with Gasteiger partial charge in [-0.05, 0) is 17.7 Å². The largest absolute Gasteiger partial charge is 0.467 e. The molecule has 106 valence electrons. The van der Waals surface area contributed by atoms with Crippen molar-refractivity contribution in [2.75, 3.05) is 24.8 Å². The topological polar surface area (TPSA) is 72.0 Å². The molecular weight excluding hydrogens is 268 g/mol. The van der Waals surface area contributed by atoms with Gasteiger partial charge in [0.1, 0.15) is 0 Å². The smallest absolute Gasteiger partial charge is 0.322 e. The molecule has 0 fully saturated rings. The standard InChI is InChI=1S/C12H13F2N5O/c1-15-10-17-11(19-12(18-10)20-2)16-6-7-3-4-8(13)9(14)5-7/h3-5H,6H2,1-2H3,(H2,15,16,17,18,19). The van der Waals surface area contributed by atoms with E-state index in [2.05, 4.69) is 25.6 Å². The average Bonchev–Trinajstić information content (AvgIpc) is 2.48. The Hall–Kier alpha value is -2.51. The molecule has 0 saturated heterocycles. The molecule has 0 aliphatic heterocycles. The van der Waals surface area contributed by atoms with Crippen molar-refractivity contribution in [3.05, 3.63) is 35.4 Å². The molecule has 2 rings (SSSR count). The SMILES string of the molecule is CNc1nc(NCc2ccc(F)c(F)c2)nc(OC)n1. The zero-order valence-electron chi connectivity index (χ0n) is 10.9. The number of rotatable bonds is 5. The predicted molar refractivity (Wildman–Crippen MR) is 69.6 cm³/mol. The van der Waals surface area contributed by atoms with Crippen molar-refractivity contribution in [1.82, 2.24) is 15.0 Å². The number of halogens is 2. The van der Waals surface area contributed by atoms with Gasteiger partial charge >= 0.3 is 6.01 Å². The van der Waals surface area contributed by atoms with Gasteiger partial charge in [-0.3, -0.25) is 0 Å². The Morgan fingerprint density at radius 3 is 2.50 bits per heavy atom. The molecule has 0 atom stereocenters. The first-order valence-electron chi connectivity index (χ1n) is 5.78. The lowest BCUT2D eigenvalue weighted by Gasteiger charge is -2.08. The predicted octanol–water partition coefficient (Wildman–Crippen LogP) is 1.81. The second kappa shape index (κ2) is 6.09. The summed E-state index contributed by atoms with van der Waals surface area (Å²) in [6.45, 7) is 0.244. The molecule has 0 bridgehead atoms. The van der Waals surface area contributed by atoms with Crippen molar-refractivity contribution < 1.29 is 13.5 Å². The van der Waals surface area contributed by atoms with Gasteiger partial charge in [-0.25, -0.2) is 8.78 Å². The average molecular weight is 281 g/mol. The summed E-state index contributed by atoms with van der Waals surface area (Å²) in [6, 6.07) is 3.80. The maximum atomic E-state index is 13.1. The molecular formula is C12H13F2N5O. The van der Waals surface area contributed by atoms with Gasteiger partial charge in [0.2, 0.25) is 11.9 Å². The van der Waals surface area contributed by atoms with Crippen LogP contribution >= 0.6 is 0 Å². The minimum atomic E-state index is -0.895. The summed E-state index contributed by atoms with van der Waals surface area (Å²) >= 11 is 0. The molecule has 8 heteroatoms. The fourth-order valence-electron chi connectivity index (χ4n) is 1.47. The highest BCUT2D eigenvalue weighted by Crippen LogP contribution is 2.13. The molecule has 1 aromatic heterocycles. The molecule has 1 heterocycles. The van der Waals surface area contributed by atoms with E-state index >= 15 is 0 Å². The minimum absolute atomic E-state index is 0.150. The van der Waals surface area contributed by atoms with Crippen molar-refractivity contribution in [2.24, 2.45) is 0 Å². The fraction of sp³-hybridized carbons (Fsp3) is 0.250. The van der Waals surface area contributed by atoms with Crippen LogP contribution < -0.4 is 15.4 Å². The zero-order chi connectivity index (χ0) is 14.5. The summed E-state index contributed by atoms with van der Waals surface area (Å²) < 4.78 is 30.8. The first-order valence-corrected chi connectivity index (χ1v) is 5.78. The Labute approximate surface area is 114 Å². The molecule has 0 unspecified atom stereocenters. The van der Waals surface area contributed by atoms with E-state index in [0.717, 1.165) is 12.1 Å². The summed E-state index contributed by atoms with van der Waals surface area (Å²) in [6.07, 6.45) is 0. The molecule has 2 aromatic rings. The number of hydrogen-bond donors (Lipinski definition) is 2. The number of anilines is 2. The lowest BCUT2D eigenvalue weighted by molar-refractivity contribution is 0.379. The number of methoxy groups -OCH3 is 1. The van der Waals surface area contributed by atoms with Crippen molar-refractivity contribution >= 4 is 11.9 Å². The van der Waals surface area contributed by atoms with Gasteiger partial charge in [0, 0.05) is 13.6 Å². The summed E-state index contributed by atoms with van der Waals surface area (Å²) in [5.74, 6) is -1.17. The molecule has 0 spiro atoms. The highest BCUT2D eigenvalue weighted by Gasteiger charge is 2.07. The van der Waals surface area contributed by atoms with Gasteiger partial charge in [0.25, 0.3) is 0 Å². The summed E-state index contributed by atoms with van der Waals surface area (Å²) in [5.41, 5.74) is 0.564. The van der Waals surface area contributed by atoms with E-state index in [0.29, 0.717) is 11.5 Å². The van der Waals surface area contributed by atoms with Crippen molar-refractivity contribution in [1.29, 1.82) is 0 Å². The van der Waals surface area contributed by atoms with Crippen LogP contribution in [-0.4, -0.2) is 29.1 Å². The molecule has 1 aromatic carbocycles. The monoisotopic (exact) mass is 281 g/mol. The highest BCUT2D eigenvalue weighted by atomic mass is 19.2. The number of hydrogen-bond acceptors (Lipinski definition) is 6. The van der Waals surface area contributed by atoms with E-state index in [1.54, 1.807) is 7.05 Å². The first kappa shape index (κ1) is 13.9. The number of benzene rings is 1. The maximum Gasteiger partial charge on any atom is 0.322 e. The third-order valence-corrected chi connectivity index (χ3v) is 2.46. The molecule has 0 saturated carbocycles. The Bertz CT molecular complexity index is 586. The summed E-state index contributed by atoms with van der Waals surface area (Å²) in [5, 5.41) is 5.65.